The molecule has 0 heterocycles. The fourth-order valence-corrected chi connectivity index (χ4v) is 2.77. The summed E-state index contributed by atoms with van der Waals surface area (Å²) in [4.78, 5) is 0. The summed E-state index contributed by atoms with van der Waals surface area (Å²) in [5.74, 6) is 0.748. The number of alkyl halides is 3. The van der Waals surface area contributed by atoms with E-state index in [0.29, 0.717) is 6.04 Å². The van der Waals surface area contributed by atoms with Crippen LogP contribution in [0.4, 0.5) is 13.2 Å². The number of hydrogen-bond acceptors (Lipinski definition) is 1. The zero-order chi connectivity index (χ0) is 14.0. The van der Waals surface area contributed by atoms with Crippen molar-refractivity contribution in [1.29, 1.82) is 0 Å². The molecule has 0 radical (unpaired) electrons. The highest BCUT2D eigenvalue weighted by molar-refractivity contribution is 5.26. The number of nitrogens with one attached hydrogen (secondary N) is 1. The Kier molecular flexibility index (Phi) is 4.19. The second kappa shape index (κ2) is 5.53. The molecule has 0 amide bonds. The van der Waals surface area contributed by atoms with Crippen LogP contribution >= 0.6 is 0 Å². The summed E-state index contributed by atoms with van der Waals surface area (Å²) in [6, 6.07) is 6.04. The highest BCUT2D eigenvalue weighted by Gasteiger charge is 2.30. The Labute approximate surface area is 112 Å². The van der Waals surface area contributed by atoms with Crippen molar-refractivity contribution in [2.45, 2.75) is 51.4 Å². The molecule has 3 unspecified atom stereocenters. The van der Waals surface area contributed by atoms with Gasteiger partial charge in [-0.2, -0.15) is 13.2 Å². The van der Waals surface area contributed by atoms with E-state index in [1.807, 2.05) is 6.92 Å². The second-order valence-corrected chi connectivity index (χ2v) is 5.62. The van der Waals surface area contributed by atoms with E-state index in [2.05, 4.69) is 12.2 Å². The maximum Gasteiger partial charge on any atom is 0.416 e. The van der Waals surface area contributed by atoms with Crippen LogP contribution in [0.15, 0.2) is 24.3 Å². The monoisotopic (exact) mass is 271 g/mol. The first kappa shape index (κ1) is 14.4. The molecule has 106 valence electrons. The number of halogens is 3. The average molecular weight is 271 g/mol. The van der Waals surface area contributed by atoms with Gasteiger partial charge in [-0.05, 0) is 49.8 Å². The van der Waals surface area contributed by atoms with Gasteiger partial charge in [0.05, 0.1) is 5.56 Å². The molecule has 1 N–H and O–H groups in total. The Morgan fingerprint density at radius 3 is 2.26 bits per heavy atom. The van der Waals surface area contributed by atoms with E-state index in [0.717, 1.165) is 36.5 Å². The lowest BCUT2D eigenvalue weighted by molar-refractivity contribution is -0.137. The van der Waals surface area contributed by atoms with Gasteiger partial charge in [0.1, 0.15) is 0 Å². The normalized spacial score (nSPS) is 25.5. The van der Waals surface area contributed by atoms with E-state index in [1.54, 1.807) is 12.1 Å². The third kappa shape index (κ3) is 3.72. The predicted octanol–water partition coefficient (Wildman–Crippen LogP) is 4.54. The van der Waals surface area contributed by atoms with Gasteiger partial charge in [0.15, 0.2) is 0 Å². The number of rotatable bonds is 3. The summed E-state index contributed by atoms with van der Waals surface area (Å²) in [6.45, 7) is 4.25. The van der Waals surface area contributed by atoms with E-state index < -0.39 is 11.7 Å². The van der Waals surface area contributed by atoms with Crippen molar-refractivity contribution in [2.24, 2.45) is 5.92 Å². The van der Waals surface area contributed by atoms with Crippen LogP contribution < -0.4 is 5.32 Å². The summed E-state index contributed by atoms with van der Waals surface area (Å²) in [5, 5.41) is 3.50. The summed E-state index contributed by atoms with van der Waals surface area (Å²) in [5.41, 5.74) is 0.325. The Balaban J connectivity index is 1.98. The summed E-state index contributed by atoms with van der Waals surface area (Å²) >= 11 is 0. The molecule has 1 saturated carbocycles. The van der Waals surface area contributed by atoms with Crippen molar-refractivity contribution in [2.75, 3.05) is 0 Å². The Morgan fingerprint density at radius 1 is 1.16 bits per heavy atom. The predicted molar refractivity (Wildman–Crippen MR) is 69.8 cm³/mol. The number of benzene rings is 1. The average Bonchev–Trinajstić information content (AvgIpc) is 2.74. The molecule has 1 aliphatic carbocycles. The molecular formula is C15H20F3N. The Bertz CT molecular complexity index is 410. The zero-order valence-electron chi connectivity index (χ0n) is 11.3. The van der Waals surface area contributed by atoms with Crippen LogP contribution in [0.3, 0.4) is 0 Å². The highest BCUT2D eigenvalue weighted by atomic mass is 19.4. The smallest absolute Gasteiger partial charge is 0.307 e. The molecule has 0 aliphatic heterocycles. The standard InChI is InChI=1S/C15H20F3N/c1-10-3-8-14(9-10)19-11(2)12-4-6-13(7-5-12)15(16,17)18/h4-7,10-11,14,19H,3,8-9H2,1-2H3. The van der Waals surface area contributed by atoms with E-state index in [1.165, 1.54) is 6.42 Å². The summed E-state index contributed by atoms with van der Waals surface area (Å²) in [7, 11) is 0. The Morgan fingerprint density at radius 2 is 1.79 bits per heavy atom. The van der Waals surface area contributed by atoms with Gasteiger partial charge < -0.3 is 5.32 Å². The maximum absolute atomic E-state index is 12.5. The van der Waals surface area contributed by atoms with E-state index >= 15 is 0 Å². The van der Waals surface area contributed by atoms with Gasteiger partial charge in [0, 0.05) is 12.1 Å². The number of hydrogen-bond donors (Lipinski definition) is 1. The van der Waals surface area contributed by atoms with Crippen LogP contribution in [0.25, 0.3) is 0 Å². The largest absolute Gasteiger partial charge is 0.416 e. The van der Waals surface area contributed by atoms with Crippen molar-refractivity contribution >= 4 is 0 Å². The summed E-state index contributed by atoms with van der Waals surface area (Å²) in [6.07, 6.45) is -0.704. The minimum Gasteiger partial charge on any atom is -0.307 e. The van der Waals surface area contributed by atoms with Crippen molar-refractivity contribution < 1.29 is 13.2 Å². The molecule has 1 aromatic rings. The van der Waals surface area contributed by atoms with E-state index in [4.69, 9.17) is 0 Å². The van der Waals surface area contributed by atoms with Gasteiger partial charge in [-0.1, -0.05) is 19.1 Å². The van der Waals surface area contributed by atoms with Crippen molar-refractivity contribution in [3.8, 4) is 0 Å². The first-order valence-electron chi connectivity index (χ1n) is 6.79. The van der Waals surface area contributed by atoms with Gasteiger partial charge in [0.2, 0.25) is 0 Å². The third-order valence-corrected chi connectivity index (χ3v) is 3.92. The molecule has 1 nitrogen and oxygen atoms in total. The highest BCUT2D eigenvalue weighted by Crippen LogP contribution is 2.31. The molecule has 1 aromatic carbocycles. The van der Waals surface area contributed by atoms with Crippen LogP contribution in [0.5, 0.6) is 0 Å². The van der Waals surface area contributed by atoms with Gasteiger partial charge in [-0.15, -0.1) is 0 Å². The molecule has 1 aliphatic rings. The topological polar surface area (TPSA) is 12.0 Å². The van der Waals surface area contributed by atoms with Gasteiger partial charge >= 0.3 is 6.18 Å². The quantitative estimate of drug-likeness (QED) is 0.850. The molecule has 4 heteroatoms. The SMILES string of the molecule is CC1CCC(NC(C)c2ccc(C(F)(F)F)cc2)C1. The molecule has 3 atom stereocenters. The third-order valence-electron chi connectivity index (χ3n) is 3.92. The molecule has 0 spiro atoms. The second-order valence-electron chi connectivity index (χ2n) is 5.62. The molecular weight excluding hydrogens is 251 g/mol. The van der Waals surface area contributed by atoms with Crippen LogP contribution in [0.2, 0.25) is 0 Å². The van der Waals surface area contributed by atoms with Crippen LogP contribution in [0.1, 0.15) is 50.3 Å². The molecule has 1 fully saturated rings. The van der Waals surface area contributed by atoms with Crippen LogP contribution in [0, 0.1) is 5.92 Å². The molecule has 0 bridgehead atoms. The van der Waals surface area contributed by atoms with E-state index in [9.17, 15) is 13.2 Å². The first-order valence-corrected chi connectivity index (χ1v) is 6.79. The zero-order valence-corrected chi connectivity index (χ0v) is 11.3. The molecule has 19 heavy (non-hydrogen) atoms. The fraction of sp³-hybridized carbons (Fsp3) is 0.600. The van der Waals surface area contributed by atoms with Gasteiger partial charge in [-0.3, -0.25) is 0 Å². The fourth-order valence-electron chi connectivity index (χ4n) is 2.77. The van der Waals surface area contributed by atoms with E-state index in [-0.39, 0.29) is 6.04 Å². The van der Waals surface area contributed by atoms with Crippen molar-refractivity contribution in [3.05, 3.63) is 35.4 Å². The van der Waals surface area contributed by atoms with Gasteiger partial charge in [-0.25, -0.2) is 0 Å². The summed E-state index contributed by atoms with van der Waals surface area (Å²) < 4.78 is 37.4. The Hall–Kier alpha value is -1.03. The van der Waals surface area contributed by atoms with Crippen molar-refractivity contribution in [1.82, 2.24) is 5.32 Å². The minimum absolute atomic E-state index is 0.0950. The minimum atomic E-state index is -4.25. The molecule has 0 aromatic heterocycles. The lowest BCUT2D eigenvalue weighted by Gasteiger charge is -2.20. The lowest BCUT2D eigenvalue weighted by atomic mass is 10.0. The maximum atomic E-state index is 12.5. The van der Waals surface area contributed by atoms with Gasteiger partial charge in [0.25, 0.3) is 0 Å². The molecule has 2 rings (SSSR count). The molecule has 0 saturated heterocycles. The van der Waals surface area contributed by atoms with Crippen LogP contribution in [-0.2, 0) is 6.18 Å². The first-order chi connectivity index (χ1) is 8.86. The van der Waals surface area contributed by atoms with Crippen molar-refractivity contribution in [3.63, 3.8) is 0 Å². The van der Waals surface area contributed by atoms with Crippen LogP contribution in [-0.4, -0.2) is 6.04 Å². The lowest BCUT2D eigenvalue weighted by Crippen LogP contribution is -2.29.